The van der Waals surface area contributed by atoms with E-state index >= 15 is 0 Å². The Morgan fingerprint density at radius 2 is 1.89 bits per heavy atom. The molecule has 0 amide bonds. The van der Waals surface area contributed by atoms with Gasteiger partial charge in [0.2, 0.25) is 5.16 Å². The zero-order valence-corrected chi connectivity index (χ0v) is 10.8. The maximum Gasteiger partial charge on any atom is 0.218 e. The summed E-state index contributed by atoms with van der Waals surface area (Å²) in [4.78, 5) is 8.16. The van der Waals surface area contributed by atoms with Crippen molar-refractivity contribution >= 4 is 10.8 Å². The van der Waals surface area contributed by atoms with E-state index in [1.807, 2.05) is 0 Å². The molecule has 3 nitrogen and oxygen atoms in total. The van der Waals surface area contributed by atoms with Crippen molar-refractivity contribution in [3.05, 3.63) is 53.6 Å². The summed E-state index contributed by atoms with van der Waals surface area (Å²) in [6, 6.07) is 8.22. The zero-order valence-electron chi connectivity index (χ0n) is 9.97. The van der Waals surface area contributed by atoms with Gasteiger partial charge in [0.05, 0.1) is 10.8 Å². The molecule has 1 aromatic carbocycles. The van der Waals surface area contributed by atoms with Gasteiger partial charge in [0.25, 0.3) is 0 Å². The largest absolute Gasteiger partial charge is 0.251 e. The van der Waals surface area contributed by atoms with Gasteiger partial charge in [-0.3, -0.25) is 4.21 Å². The second-order valence-electron chi connectivity index (χ2n) is 3.91. The van der Waals surface area contributed by atoms with Crippen molar-refractivity contribution in [2.24, 2.45) is 0 Å². The molecular formula is C13H13FN2OS. The van der Waals surface area contributed by atoms with E-state index in [1.54, 1.807) is 30.7 Å². The van der Waals surface area contributed by atoms with Gasteiger partial charge >= 0.3 is 0 Å². The fourth-order valence-electron chi connectivity index (χ4n) is 1.58. The third kappa shape index (κ3) is 3.43. The highest BCUT2D eigenvalue weighted by Crippen LogP contribution is 2.07. The third-order valence-corrected chi connectivity index (χ3v) is 3.24. The number of halogens is 1. The fraction of sp³-hybridized carbons (Fsp3) is 0.231. The predicted octanol–water partition coefficient (Wildman–Crippen LogP) is 2.14. The van der Waals surface area contributed by atoms with Crippen LogP contribution in [-0.2, 0) is 23.6 Å². The minimum atomic E-state index is -1.16. The lowest BCUT2D eigenvalue weighted by Crippen LogP contribution is -2.01. The zero-order chi connectivity index (χ0) is 13.0. The number of aromatic nitrogens is 2. The number of rotatable bonds is 4. The Bertz CT molecular complexity index is 557. The topological polar surface area (TPSA) is 42.9 Å². The standard InChI is InChI=1S/C13H13FN2OS/c1-18(17)13-15-9-8-12(16-13)7-4-10-2-5-11(14)6-3-10/h2-3,5-6,8-9H,4,7H2,1H3. The maximum atomic E-state index is 12.7. The van der Waals surface area contributed by atoms with Gasteiger partial charge in [-0.1, -0.05) is 12.1 Å². The molecule has 5 heteroatoms. The number of hydrogen-bond acceptors (Lipinski definition) is 3. The average molecular weight is 264 g/mol. The molecule has 0 aliphatic heterocycles. The van der Waals surface area contributed by atoms with Crippen LogP contribution < -0.4 is 0 Å². The summed E-state index contributed by atoms with van der Waals surface area (Å²) in [5, 5.41) is 0.353. The van der Waals surface area contributed by atoms with E-state index in [0.29, 0.717) is 5.16 Å². The molecular weight excluding hydrogens is 251 g/mol. The summed E-state index contributed by atoms with van der Waals surface area (Å²) in [5.41, 5.74) is 1.90. The van der Waals surface area contributed by atoms with E-state index in [2.05, 4.69) is 9.97 Å². The highest BCUT2D eigenvalue weighted by molar-refractivity contribution is 7.84. The quantitative estimate of drug-likeness (QED) is 0.795. The lowest BCUT2D eigenvalue weighted by Gasteiger charge is -2.02. The third-order valence-electron chi connectivity index (χ3n) is 2.53. The highest BCUT2D eigenvalue weighted by Gasteiger charge is 2.03. The van der Waals surface area contributed by atoms with Crippen molar-refractivity contribution in [3.63, 3.8) is 0 Å². The molecule has 1 atom stereocenters. The van der Waals surface area contributed by atoms with Gasteiger partial charge < -0.3 is 0 Å². The molecule has 0 spiro atoms. The number of nitrogens with zero attached hydrogens (tertiary/aromatic N) is 2. The molecule has 1 unspecified atom stereocenters. The Kier molecular flexibility index (Phi) is 4.15. The van der Waals surface area contributed by atoms with Crippen molar-refractivity contribution < 1.29 is 8.60 Å². The molecule has 0 aliphatic rings. The summed E-state index contributed by atoms with van der Waals surface area (Å²) in [6.07, 6.45) is 4.66. The summed E-state index contributed by atoms with van der Waals surface area (Å²) in [5.74, 6) is -0.232. The summed E-state index contributed by atoms with van der Waals surface area (Å²) in [6.45, 7) is 0. The van der Waals surface area contributed by atoms with Crippen LogP contribution in [0.2, 0.25) is 0 Å². The van der Waals surface area contributed by atoms with Crippen molar-refractivity contribution in [3.8, 4) is 0 Å². The number of hydrogen-bond donors (Lipinski definition) is 0. The molecule has 0 fully saturated rings. The molecule has 0 N–H and O–H groups in total. The molecule has 0 bridgehead atoms. The molecule has 0 saturated heterocycles. The van der Waals surface area contributed by atoms with Gasteiger partial charge in [0, 0.05) is 18.1 Å². The Labute approximate surface area is 108 Å². The van der Waals surface area contributed by atoms with Crippen molar-refractivity contribution in [1.29, 1.82) is 0 Å². The van der Waals surface area contributed by atoms with Crippen molar-refractivity contribution in [2.75, 3.05) is 6.26 Å². The van der Waals surface area contributed by atoms with E-state index in [9.17, 15) is 8.60 Å². The van der Waals surface area contributed by atoms with Crippen LogP contribution in [-0.4, -0.2) is 20.4 Å². The van der Waals surface area contributed by atoms with Gasteiger partial charge in [0.1, 0.15) is 5.82 Å². The number of aryl methyl sites for hydroxylation is 2. The Morgan fingerprint density at radius 1 is 1.17 bits per heavy atom. The summed E-state index contributed by atoms with van der Waals surface area (Å²) >= 11 is 0. The monoisotopic (exact) mass is 264 g/mol. The minimum absolute atomic E-state index is 0.232. The van der Waals surface area contributed by atoms with Crippen LogP contribution in [0.15, 0.2) is 41.7 Å². The summed E-state index contributed by atoms with van der Waals surface area (Å²) in [7, 11) is -1.16. The molecule has 2 rings (SSSR count). The first-order valence-corrected chi connectivity index (χ1v) is 7.11. The van der Waals surface area contributed by atoms with Crippen LogP contribution in [0, 0.1) is 5.82 Å². The van der Waals surface area contributed by atoms with Gasteiger partial charge in [-0.2, -0.15) is 0 Å². The van der Waals surface area contributed by atoms with Gasteiger partial charge in [-0.15, -0.1) is 0 Å². The van der Waals surface area contributed by atoms with Crippen LogP contribution >= 0.6 is 0 Å². The van der Waals surface area contributed by atoms with Crippen molar-refractivity contribution in [1.82, 2.24) is 9.97 Å². The lowest BCUT2D eigenvalue weighted by molar-refractivity contribution is 0.627. The predicted molar refractivity (Wildman–Crippen MR) is 68.2 cm³/mol. The van der Waals surface area contributed by atoms with Crippen molar-refractivity contribution in [2.45, 2.75) is 18.0 Å². The Morgan fingerprint density at radius 3 is 2.56 bits per heavy atom. The first-order valence-electron chi connectivity index (χ1n) is 5.55. The molecule has 0 aliphatic carbocycles. The first kappa shape index (κ1) is 12.8. The molecule has 94 valence electrons. The minimum Gasteiger partial charge on any atom is -0.251 e. The van der Waals surface area contributed by atoms with Crippen LogP contribution in [0.1, 0.15) is 11.3 Å². The van der Waals surface area contributed by atoms with E-state index in [4.69, 9.17) is 0 Å². The molecule has 1 heterocycles. The first-order chi connectivity index (χ1) is 8.65. The van der Waals surface area contributed by atoms with E-state index in [-0.39, 0.29) is 5.82 Å². The molecule has 0 radical (unpaired) electrons. The fourth-order valence-corrected chi connectivity index (χ4v) is 2.03. The van der Waals surface area contributed by atoms with E-state index in [1.165, 1.54) is 12.1 Å². The van der Waals surface area contributed by atoms with Gasteiger partial charge in [0.15, 0.2) is 0 Å². The van der Waals surface area contributed by atoms with Crippen LogP contribution in [0.5, 0.6) is 0 Å². The second kappa shape index (κ2) is 5.82. The van der Waals surface area contributed by atoms with E-state index in [0.717, 1.165) is 24.1 Å². The molecule has 0 saturated carbocycles. The van der Waals surface area contributed by atoms with Crippen LogP contribution in [0.4, 0.5) is 4.39 Å². The second-order valence-corrected chi connectivity index (χ2v) is 5.18. The average Bonchev–Trinajstić information content (AvgIpc) is 2.38. The molecule has 1 aromatic heterocycles. The van der Waals surface area contributed by atoms with Crippen LogP contribution in [0.25, 0.3) is 0 Å². The van der Waals surface area contributed by atoms with Gasteiger partial charge in [-0.25, -0.2) is 14.4 Å². The number of benzene rings is 1. The summed E-state index contributed by atoms with van der Waals surface area (Å²) < 4.78 is 24.0. The van der Waals surface area contributed by atoms with Gasteiger partial charge in [-0.05, 0) is 36.6 Å². The molecule has 2 aromatic rings. The van der Waals surface area contributed by atoms with E-state index < -0.39 is 10.8 Å². The lowest BCUT2D eigenvalue weighted by atomic mass is 10.1. The smallest absolute Gasteiger partial charge is 0.218 e. The maximum absolute atomic E-state index is 12.7. The Hall–Kier alpha value is -1.62. The van der Waals surface area contributed by atoms with Crippen LogP contribution in [0.3, 0.4) is 0 Å². The normalized spacial score (nSPS) is 12.3. The molecule has 18 heavy (non-hydrogen) atoms. The highest BCUT2D eigenvalue weighted by atomic mass is 32.2. The SMILES string of the molecule is CS(=O)c1nccc(CCc2ccc(F)cc2)n1. The Balaban J connectivity index is 2.04.